The number of amides is 1. The Morgan fingerprint density at radius 3 is 2.31 bits per heavy atom. The second-order valence-electron chi connectivity index (χ2n) is 5.81. The summed E-state index contributed by atoms with van der Waals surface area (Å²) in [7, 11) is -3.55. The zero-order chi connectivity index (χ0) is 19.2. The molecule has 0 bridgehead atoms. The number of nitrogens with zero attached hydrogens (tertiary/aromatic N) is 1. The SMILES string of the molecule is CCCCN(CC)S(=O)(=O)c1ccc(C(=O)Nc2ccccc2Cl)cc1. The molecule has 0 aliphatic carbocycles. The van der Waals surface area contributed by atoms with Gasteiger partial charge in [-0.05, 0) is 42.8 Å². The maximum atomic E-state index is 12.7. The number of para-hydroxylation sites is 1. The van der Waals surface area contributed by atoms with Crippen molar-refractivity contribution in [1.82, 2.24) is 4.31 Å². The molecule has 7 heteroatoms. The third-order valence-electron chi connectivity index (χ3n) is 3.99. The summed E-state index contributed by atoms with van der Waals surface area (Å²) in [6.07, 6.45) is 1.73. The Balaban J connectivity index is 2.16. The van der Waals surface area contributed by atoms with Crippen molar-refractivity contribution >= 4 is 33.2 Å². The summed E-state index contributed by atoms with van der Waals surface area (Å²) in [4.78, 5) is 12.5. The smallest absolute Gasteiger partial charge is 0.255 e. The van der Waals surface area contributed by atoms with Crippen LogP contribution in [0.25, 0.3) is 0 Å². The van der Waals surface area contributed by atoms with Gasteiger partial charge in [-0.2, -0.15) is 4.31 Å². The molecule has 0 fully saturated rings. The molecule has 0 aliphatic rings. The Bertz CT molecular complexity index is 851. The summed E-state index contributed by atoms with van der Waals surface area (Å²) in [6, 6.07) is 12.9. The molecule has 1 amide bonds. The van der Waals surface area contributed by atoms with Gasteiger partial charge in [-0.15, -0.1) is 0 Å². The molecule has 0 aromatic heterocycles. The number of carbonyl (C=O) groups is 1. The van der Waals surface area contributed by atoms with Gasteiger partial charge in [0.25, 0.3) is 5.91 Å². The summed E-state index contributed by atoms with van der Waals surface area (Å²) in [6.45, 7) is 4.74. The van der Waals surface area contributed by atoms with Crippen LogP contribution in [0.1, 0.15) is 37.0 Å². The van der Waals surface area contributed by atoms with Crippen molar-refractivity contribution in [3.63, 3.8) is 0 Å². The van der Waals surface area contributed by atoms with Crippen molar-refractivity contribution in [1.29, 1.82) is 0 Å². The molecule has 0 radical (unpaired) electrons. The molecule has 0 saturated carbocycles. The lowest BCUT2D eigenvalue weighted by Gasteiger charge is -2.20. The average Bonchev–Trinajstić information content (AvgIpc) is 2.64. The number of hydrogen-bond acceptors (Lipinski definition) is 3. The van der Waals surface area contributed by atoms with Crippen molar-refractivity contribution < 1.29 is 13.2 Å². The van der Waals surface area contributed by atoms with Crippen LogP contribution in [0.15, 0.2) is 53.4 Å². The van der Waals surface area contributed by atoms with Crippen LogP contribution in [0.3, 0.4) is 0 Å². The van der Waals surface area contributed by atoms with Gasteiger partial charge in [-0.25, -0.2) is 8.42 Å². The molecule has 0 unspecified atom stereocenters. The summed E-state index contributed by atoms with van der Waals surface area (Å²) in [5.74, 6) is -0.347. The normalized spacial score (nSPS) is 11.5. The first-order valence-electron chi connectivity index (χ1n) is 8.56. The first-order chi connectivity index (χ1) is 12.4. The predicted molar refractivity (Wildman–Crippen MR) is 105 cm³/mol. The van der Waals surface area contributed by atoms with E-state index in [1.807, 2.05) is 13.8 Å². The lowest BCUT2D eigenvalue weighted by Crippen LogP contribution is -2.31. The van der Waals surface area contributed by atoms with E-state index in [4.69, 9.17) is 11.6 Å². The van der Waals surface area contributed by atoms with Gasteiger partial charge in [0.15, 0.2) is 0 Å². The van der Waals surface area contributed by atoms with Gasteiger partial charge in [-0.1, -0.05) is 44.0 Å². The highest BCUT2D eigenvalue weighted by molar-refractivity contribution is 7.89. The van der Waals surface area contributed by atoms with Crippen LogP contribution < -0.4 is 5.32 Å². The molecule has 0 atom stereocenters. The largest absolute Gasteiger partial charge is 0.321 e. The van der Waals surface area contributed by atoms with Crippen LogP contribution in [-0.2, 0) is 10.0 Å². The number of hydrogen-bond donors (Lipinski definition) is 1. The summed E-state index contributed by atoms with van der Waals surface area (Å²) >= 11 is 6.03. The zero-order valence-corrected chi connectivity index (χ0v) is 16.5. The monoisotopic (exact) mass is 394 g/mol. The van der Waals surface area contributed by atoms with E-state index in [0.717, 1.165) is 12.8 Å². The standard InChI is InChI=1S/C19H23ClN2O3S/c1-3-5-14-22(4-2)26(24,25)16-12-10-15(11-13-16)19(23)21-18-9-7-6-8-17(18)20/h6-13H,3-5,14H2,1-2H3,(H,21,23). The maximum Gasteiger partial charge on any atom is 0.255 e. The molecular formula is C19H23ClN2O3S. The minimum absolute atomic E-state index is 0.185. The van der Waals surface area contributed by atoms with Crippen molar-refractivity contribution in [2.75, 3.05) is 18.4 Å². The topological polar surface area (TPSA) is 66.5 Å². The number of rotatable bonds is 8. The van der Waals surface area contributed by atoms with Crippen molar-refractivity contribution in [3.05, 3.63) is 59.1 Å². The predicted octanol–water partition coefficient (Wildman–Crippen LogP) is 4.40. The van der Waals surface area contributed by atoms with Crippen LogP contribution in [-0.4, -0.2) is 31.7 Å². The van der Waals surface area contributed by atoms with E-state index in [1.54, 1.807) is 24.3 Å². The van der Waals surface area contributed by atoms with Crippen molar-refractivity contribution in [3.8, 4) is 0 Å². The number of benzene rings is 2. The Morgan fingerprint density at radius 2 is 1.73 bits per heavy atom. The average molecular weight is 395 g/mol. The highest BCUT2D eigenvalue weighted by atomic mass is 35.5. The number of nitrogens with one attached hydrogen (secondary N) is 1. The van der Waals surface area contributed by atoms with E-state index in [-0.39, 0.29) is 10.8 Å². The van der Waals surface area contributed by atoms with Gasteiger partial charge in [0.1, 0.15) is 0 Å². The van der Waals surface area contributed by atoms with Crippen LogP contribution >= 0.6 is 11.6 Å². The maximum absolute atomic E-state index is 12.7. The molecule has 26 heavy (non-hydrogen) atoms. The Hall–Kier alpha value is -1.89. The van der Waals surface area contributed by atoms with Gasteiger partial charge in [0.05, 0.1) is 15.6 Å². The lowest BCUT2D eigenvalue weighted by atomic mass is 10.2. The molecule has 2 aromatic rings. The molecule has 140 valence electrons. The fourth-order valence-corrected chi connectivity index (χ4v) is 4.14. The van der Waals surface area contributed by atoms with Gasteiger partial charge in [0.2, 0.25) is 10.0 Å². The first kappa shape index (κ1) is 20.4. The van der Waals surface area contributed by atoms with E-state index in [2.05, 4.69) is 5.32 Å². The number of sulfonamides is 1. The minimum Gasteiger partial charge on any atom is -0.321 e. The number of carbonyl (C=O) groups excluding carboxylic acids is 1. The van der Waals surface area contributed by atoms with E-state index in [1.165, 1.54) is 28.6 Å². The Kier molecular flexibility index (Phi) is 7.20. The van der Waals surface area contributed by atoms with Crippen LogP contribution in [0.5, 0.6) is 0 Å². The van der Waals surface area contributed by atoms with E-state index in [9.17, 15) is 13.2 Å². The van der Waals surface area contributed by atoms with Crippen molar-refractivity contribution in [2.45, 2.75) is 31.6 Å². The van der Waals surface area contributed by atoms with E-state index < -0.39 is 10.0 Å². The number of unbranched alkanes of at least 4 members (excludes halogenated alkanes) is 1. The van der Waals surface area contributed by atoms with Crippen LogP contribution in [0.2, 0.25) is 5.02 Å². The van der Waals surface area contributed by atoms with Gasteiger partial charge in [0, 0.05) is 18.7 Å². The second-order valence-corrected chi connectivity index (χ2v) is 8.15. The molecule has 0 spiro atoms. The first-order valence-corrected chi connectivity index (χ1v) is 10.4. The van der Waals surface area contributed by atoms with E-state index >= 15 is 0 Å². The number of halogens is 1. The molecule has 0 saturated heterocycles. The van der Waals surface area contributed by atoms with Crippen molar-refractivity contribution in [2.24, 2.45) is 0 Å². The number of anilines is 1. The molecule has 2 rings (SSSR count). The Labute approximate surface area is 160 Å². The Morgan fingerprint density at radius 1 is 1.08 bits per heavy atom. The molecule has 1 N–H and O–H groups in total. The molecular weight excluding hydrogens is 372 g/mol. The van der Waals surface area contributed by atoms with Crippen LogP contribution in [0.4, 0.5) is 5.69 Å². The molecule has 0 aliphatic heterocycles. The fraction of sp³-hybridized carbons (Fsp3) is 0.316. The highest BCUT2D eigenvalue weighted by Gasteiger charge is 2.22. The molecule has 2 aromatic carbocycles. The van der Waals surface area contributed by atoms with Crippen LogP contribution in [0, 0.1) is 0 Å². The highest BCUT2D eigenvalue weighted by Crippen LogP contribution is 2.22. The van der Waals surface area contributed by atoms with E-state index in [0.29, 0.717) is 29.4 Å². The lowest BCUT2D eigenvalue weighted by molar-refractivity contribution is 0.102. The fourth-order valence-electron chi connectivity index (χ4n) is 2.47. The molecule has 5 nitrogen and oxygen atoms in total. The molecule has 0 heterocycles. The quantitative estimate of drug-likeness (QED) is 0.721. The van der Waals surface area contributed by atoms with Gasteiger partial charge >= 0.3 is 0 Å². The third-order valence-corrected chi connectivity index (χ3v) is 6.31. The summed E-state index contributed by atoms with van der Waals surface area (Å²) in [5.41, 5.74) is 0.869. The summed E-state index contributed by atoms with van der Waals surface area (Å²) < 4.78 is 26.8. The zero-order valence-electron chi connectivity index (χ0n) is 14.9. The summed E-state index contributed by atoms with van der Waals surface area (Å²) in [5, 5.41) is 3.16. The second kappa shape index (κ2) is 9.16. The third kappa shape index (κ3) is 4.84. The van der Waals surface area contributed by atoms with Gasteiger partial charge in [-0.3, -0.25) is 4.79 Å². The minimum atomic E-state index is -3.55. The van der Waals surface area contributed by atoms with Gasteiger partial charge < -0.3 is 5.32 Å².